The number of hydrogen-bond acceptors (Lipinski definition) is 3. The minimum atomic E-state index is -0.648. The molecule has 0 aromatic heterocycles. The lowest BCUT2D eigenvalue weighted by Gasteiger charge is -2.43. The summed E-state index contributed by atoms with van der Waals surface area (Å²) in [7, 11) is 0. The predicted molar refractivity (Wildman–Crippen MR) is 109 cm³/mol. The highest BCUT2D eigenvalue weighted by molar-refractivity contribution is 5.69. The van der Waals surface area contributed by atoms with Gasteiger partial charge in [-0.15, -0.1) is 0 Å². The molecule has 0 spiro atoms. The van der Waals surface area contributed by atoms with Crippen LogP contribution < -0.4 is 0 Å². The molecule has 0 amide bonds. The van der Waals surface area contributed by atoms with E-state index in [-0.39, 0.29) is 19.1 Å². The molecule has 2 aliphatic heterocycles. The van der Waals surface area contributed by atoms with Crippen LogP contribution in [0.25, 0.3) is 5.57 Å². The SMILES string of the molecule is Cc1ccc(C2C[C@@]3(CO)C=C[C@@](CO)(C2)O3)cc1C1=CCC(C)(C)CC1. The fourth-order valence-electron chi connectivity index (χ4n) is 5.00. The van der Waals surface area contributed by atoms with Crippen molar-refractivity contribution < 1.29 is 14.9 Å². The Morgan fingerprint density at radius 1 is 1.07 bits per heavy atom. The summed E-state index contributed by atoms with van der Waals surface area (Å²) in [5.41, 5.74) is 4.56. The Hall–Kier alpha value is -1.42. The molecule has 1 aromatic rings. The van der Waals surface area contributed by atoms with Crippen molar-refractivity contribution in [2.24, 2.45) is 5.41 Å². The number of aryl methyl sites for hydroxylation is 1. The molecular formula is C24H32O3. The second-order valence-electron chi connectivity index (χ2n) is 9.66. The highest BCUT2D eigenvalue weighted by atomic mass is 16.5. The third-order valence-electron chi connectivity index (χ3n) is 6.87. The zero-order valence-corrected chi connectivity index (χ0v) is 16.8. The Balaban J connectivity index is 1.65. The van der Waals surface area contributed by atoms with Crippen LogP contribution in [-0.4, -0.2) is 34.6 Å². The first-order chi connectivity index (χ1) is 12.8. The molecule has 1 fully saturated rings. The van der Waals surface area contributed by atoms with E-state index in [4.69, 9.17) is 4.74 Å². The van der Waals surface area contributed by atoms with Gasteiger partial charge in [0.15, 0.2) is 0 Å². The summed E-state index contributed by atoms with van der Waals surface area (Å²) in [5.74, 6) is 0.271. The van der Waals surface area contributed by atoms with Gasteiger partial charge in [0.1, 0.15) is 11.2 Å². The average molecular weight is 369 g/mol. The predicted octanol–water partition coefficient (Wildman–Crippen LogP) is 4.51. The van der Waals surface area contributed by atoms with E-state index in [1.807, 2.05) is 12.2 Å². The number of allylic oxidation sites excluding steroid dienone is 2. The molecule has 2 bridgehead atoms. The van der Waals surface area contributed by atoms with Gasteiger partial charge >= 0.3 is 0 Å². The van der Waals surface area contributed by atoms with Crippen LogP contribution in [0.2, 0.25) is 0 Å². The first-order valence-corrected chi connectivity index (χ1v) is 10.2. The Morgan fingerprint density at radius 2 is 1.74 bits per heavy atom. The van der Waals surface area contributed by atoms with Crippen molar-refractivity contribution in [1.29, 1.82) is 0 Å². The third-order valence-corrected chi connectivity index (χ3v) is 6.87. The zero-order valence-electron chi connectivity index (χ0n) is 16.8. The van der Waals surface area contributed by atoms with Crippen LogP contribution in [0.4, 0.5) is 0 Å². The van der Waals surface area contributed by atoms with Crippen LogP contribution in [0.3, 0.4) is 0 Å². The molecule has 3 heteroatoms. The molecule has 3 atom stereocenters. The van der Waals surface area contributed by atoms with E-state index >= 15 is 0 Å². The second-order valence-corrected chi connectivity index (χ2v) is 9.66. The molecule has 1 saturated heterocycles. The lowest BCUT2D eigenvalue weighted by Crippen LogP contribution is -2.48. The van der Waals surface area contributed by atoms with Crippen LogP contribution in [0.1, 0.15) is 68.6 Å². The van der Waals surface area contributed by atoms with E-state index in [1.54, 1.807) is 0 Å². The summed E-state index contributed by atoms with van der Waals surface area (Å²) in [4.78, 5) is 0. The highest BCUT2D eigenvalue weighted by Gasteiger charge is 2.51. The summed E-state index contributed by atoms with van der Waals surface area (Å²) >= 11 is 0. The van der Waals surface area contributed by atoms with Crippen LogP contribution >= 0.6 is 0 Å². The quantitative estimate of drug-likeness (QED) is 0.769. The fourth-order valence-corrected chi connectivity index (χ4v) is 5.00. The lowest BCUT2D eigenvalue weighted by molar-refractivity contribution is -0.163. The maximum absolute atomic E-state index is 9.93. The Kier molecular flexibility index (Phi) is 4.61. The molecule has 1 aromatic carbocycles. The van der Waals surface area contributed by atoms with Crippen LogP contribution in [0.15, 0.2) is 36.4 Å². The number of ether oxygens (including phenoxy) is 1. The van der Waals surface area contributed by atoms with Crippen LogP contribution in [0.5, 0.6) is 0 Å². The first-order valence-electron chi connectivity index (χ1n) is 10.2. The Bertz CT molecular complexity index is 769. The highest BCUT2D eigenvalue weighted by Crippen LogP contribution is 2.49. The Morgan fingerprint density at radius 3 is 2.30 bits per heavy atom. The number of aliphatic hydroxyl groups is 2. The molecule has 0 radical (unpaired) electrons. The van der Waals surface area contributed by atoms with Crippen molar-refractivity contribution in [1.82, 2.24) is 0 Å². The van der Waals surface area contributed by atoms with Gasteiger partial charge in [-0.25, -0.2) is 0 Å². The van der Waals surface area contributed by atoms with Crippen molar-refractivity contribution in [3.8, 4) is 0 Å². The molecule has 3 aliphatic rings. The molecule has 146 valence electrons. The maximum atomic E-state index is 9.93. The third kappa shape index (κ3) is 3.41. The zero-order chi connectivity index (χ0) is 19.3. The number of rotatable bonds is 4. The van der Waals surface area contributed by atoms with Crippen molar-refractivity contribution in [2.75, 3.05) is 13.2 Å². The molecule has 0 saturated carbocycles. The molecule has 27 heavy (non-hydrogen) atoms. The summed E-state index contributed by atoms with van der Waals surface area (Å²) in [5, 5.41) is 19.9. The van der Waals surface area contributed by atoms with Crippen molar-refractivity contribution in [3.63, 3.8) is 0 Å². The van der Waals surface area contributed by atoms with E-state index in [9.17, 15) is 10.2 Å². The van der Waals surface area contributed by atoms with E-state index < -0.39 is 11.2 Å². The number of hydrogen-bond donors (Lipinski definition) is 2. The molecular weight excluding hydrogens is 336 g/mol. The monoisotopic (exact) mass is 368 g/mol. The second kappa shape index (κ2) is 6.58. The summed E-state index contributed by atoms with van der Waals surface area (Å²) < 4.78 is 6.09. The van der Waals surface area contributed by atoms with Crippen molar-refractivity contribution >= 4 is 5.57 Å². The minimum Gasteiger partial charge on any atom is -0.393 e. The molecule has 1 aliphatic carbocycles. The molecule has 2 heterocycles. The van der Waals surface area contributed by atoms with Crippen LogP contribution in [0, 0.1) is 12.3 Å². The smallest absolute Gasteiger partial charge is 0.111 e. The molecule has 4 rings (SSSR count). The first kappa shape index (κ1) is 18.9. The fraction of sp³-hybridized carbons (Fsp3) is 0.583. The number of aliphatic hydroxyl groups excluding tert-OH is 2. The van der Waals surface area contributed by atoms with E-state index in [2.05, 4.69) is 45.0 Å². The Labute approximate surface area is 162 Å². The van der Waals surface area contributed by atoms with Gasteiger partial charge in [-0.1, -0.05) is 50.3 Å². The normalized spacial score (nSPS) is 34.6. The van der Waals surface area contributed by atoms with Crippen molar-refractivity contribution in [3.05, 3.63) is 53.1 Å². The van der Waals surface area contributed by atoms with Gasteiger partial charge in [0.2, 0.25) is 0 Å². The minimum absolute atomic E-state index is 0.0410. The van der Waals surface area contributed by atoms with Gasteiger partial charge in [0.05, 0.1) is 13.2 Å². The van der Waals surface area contributed by atoms with Gasteiger partial charge in [0, 0.05) is 0 Å². The number of fused-ring (bicyclic) bond motifs is 2. The molecule has 1 unspecified atom stereocenters. The summed E-state index contributed by atoms with van der Waals surface area (Å²) in [6.45, 7) is 6.80. The lowest BCUT2D eigenvalue weighted by atomic mass is 9.75. The van der Waals surface area contributed by atoms with Gasteiger partial charge in [-0.2, -0.15) is 0 Å². The van der Waals surface area contributed by atoms with Gasteiger partial charge in [-0.05, 0) is 72.6 Å². The molecule has 2 N–H and O–H groups in total. The summed E-state index contributed by atoms with van der Waals surface area (Å²) in [6.07, 6.45) is 11.4. The standard InChI is InChI=1S/C24H32O3/c1-17-4-5-19(12-21(17)18-6-8-22(2,3)9-7-18)20-13-23(15-25)10-11-24(14-20,16-26)27-23/h4-6,10-12,20,25-26H,7-9,13-16H2,1-3H3/t20?,23-,24+. The van der Waals surface area contributed by atoms with E-state index in [0.29, 0.717) is 5.41 Å². The average Bonchev–Trinajstić information content (AvgIpc) is 2.94. The largest absolute Gasteiger partial charge is 0.393 e. The van der Waals surface area contributed by atoms with Crippen molar-refractivity contribution in [2.45, 2.75) is 70.0 Å². The topological polar surface area (TPSA) is 49.7 Å². The van der Waals surface area contributed by atoms with E-state index in [1.165, 1.54) is 28.7 Å². The van der Waals surface area contributed by atoms with Gasteiger partial charge < -0.3 is 14.9 Å². The number of benzene rings is 1. The van der Waals surface area contributed by atoms with Gasteiger partial charge in [-0.3, -0.25) is 0 Å². The summed E-state index contributed by atoms with van der Waals surface area (Å²) in [6, 6.07) is 6.80. The van der Waals surface area contributed by atoms with Gasteiger partial charge in [0.25, 0.3) is 0 Å². The van der Waals surface area contributed by atoms with Crippen LogP contribution in [-0.2, 0) is 4.74 Å². The molecule has 3 nitrogen and oxygen atoms in total. The maximum Gasteiger partial charge on any atom is 0.111 e. The van der Waals surface area contributed by atoms with E-state index in [0.717, 1.165) is 25.7 Å².